The van der Waals surface area contributed by atoms with Gasteiger partial charge in [0.2, 0.25) is 0 Å². The average molecular weight is 298 g/mol. The molecular weight excluding hydrogens is 284 g/mol. The van der Waals surface area contributed by atoms with Crippen LogP contribution >= 0.6 is 11.5 Å². The third kappa shape index (κ3) is 3.03. The smallest absolute Gasteiger partial charge is 0.335 e. The van der Waals surface area contributed by atoms with Crippen molar-refractivity contribution in [3.8, 4) is 0 Å². The van der Waals surface area contributed by atoms with E-state index in [4.69, 9.17) is 5.11 Å². The van der Waals surface area contributed by atoms with Gasteiger partial charge in [-0.15, -0.1) is 0 Å². The van der Waals surface area contributed by atoms with Gasteiger partial charge < -0.3 is 10.4 Å². The van der Waals surface area contributed by atoms with Gasteiger partial charge in [0.25, 0.3) is 0 Å². The fraction of sp³-hybridized carbons (Fsp3) is 0.125. The van der Waals surface area contributed by atoms with Crippen molar-refractivity contribution in [1.82, 2.24) is 4.37 Å². The molecule has 2 N–H and O–H groups in total. The van der Waals surface area contributed by atoms with Gasteiger partial charge in [0, 0.05) is 11.9 Å². The van der Waals surface area contributed by atoms with Crippen LogP contribution in [0.1, 0.15) is 15.9 Å². The fourth-order valence-corrected chi connectivity index (χ4v) is 2.98. The number of anilines is 1. The normalized spacial score (nSPS) is 10.7. The molecule has 1 aromatic heterocycles. The molecule has 0 aliphatic carbocycles. The number of rotatable bonds is 5. The molecule has 0 saturated carbocycles. The van der Waals surface area contributed by atoms with Crippen molar-refractivity contribution < 1.29 is 9.90 Å². The molecule has 0 radical (unpaired) electrons. The first kappa shape index (κ1) is 13.6. The Morgan fingerprint density at radius 3 is 2.90 bits per heavy atom. The van der Waals surface area contributed by atoms with E-state index in [1.165, 1.54) is 11.5 Å². The lowest BCUT2D eigenvalue weighted by molar-refractivity contribution is 0.0697. The molecule has 0 aliphatic rings. The van der Waals surface area contributed by atoms with Crippen LogP contribution in [0, 0.1) is 0 Å². The second kappa shape index (κ2) is 5.93. The van der Waals surface area contributed by atoms with Crippen molar-refractivity contribution in [3.63, 3.8) is 0 Å². The van der Waals surface area contributed by atoms with Crippen LogP contribution in [0.2, 0.25) is 0 Å². The Bertz CT molecular complexity index is 783. The third-order valence-corrected chi connectivity index (χ3v) is 4.09. The van der Waals surface area contributed by atoms with E-state index in [0.29, 0.717) is 5.56 Å². The summed E-state index contributed by atoms with van der Waals surface area (Å²) in [7, 11) is 0. The van der Waals surface area contributed by atoms with Gasteiger partial charge in [-0.3, -0.25) is 0 Å². The maximum absolute atomic E-state index is 10.9. The summed E-state index contributed by atoms with van der Waals surface area (Å²) in [5.41, 5.74) is 2.34. The Morgan fingerprint density at radius 2 is 2.05 bits per heavy atom. The summed E-state index contributed by atoms with van der Waals surface area (Å²) in [6.45, 7) is 0.745. The van der Waals surface area contributed by atoms with Gasteiger partial charge in [0.15, 0.2) is 0 Å². The lowest BCUT2D eigenvalue weighted by Crippen LogP contribution is -2.05. The van der Waals surface area contributed by atoms with E-state index in [-0.39, 0.29) is 0 Å². The highest BCUT2D eigenvalue weighted by atomic mass is 32.1. The van der Waals surface area contributed by atoms with E-state index in [0.717, 1.165) is 34.4 Å². The number of benzene rings is 2. The molecule has 3 aromatic rings. The van der Waals surface area contributed by atoms with Gasteiger partial charge in [-0.05, 0) is 47.8 Å². The number of aromatic carboxylic acids is 1. The highest BCUT2D eigenvalue weighted by molar-refractivity contribution is 7.11. The highest BCUT2D eigenvalue weighted by Crippen LogP contribution is 2.27. The maximum atomic E-state index is 10.9. The molecule has 0 fully saturated rings. The Hall–Kier alpha value is -2.40. The van der Waals surface area contributed by atoms with E-state index in [9.17, 15) is 4.79 Å². The van der Waals surface area contributed by atoms with Crippen LogP contribution in [0.5, 0.6) is 0 Å². The van der Waals surface area contributed by atoms with Gasteiger partial charge in [0.1, 0.15) is 5.00 Å². The summed E-state index contributed by atoms with van der Waals surface area (Å²) >= 11 is 1.45. The van der Waals surface area contributed by atoms with E-state index >= 15 is 0 Å². The number of fused-ring (bicyclic) bond motifs is 1. The molecule has 106 valence electrons. The molecular formula is C16H14N2O2S. The van der Waals surface area contributed by atoms with E-state index < -0.39 is 5.97 Å². The van der Waals surface area contributed by atoms with Crippen LogP contribution < -0.4 is 5.32 Å². The van der Waals surface area contributed by atoms with Crippen molar-refractivity contribution in [1.29, 1.82) is 0 Å². The molecule has 4 nitrogen and oxygen atoms in total. The van der Waals surface area contributed by atoms with Crippen molar-refractivity contribution in [2.45, 2.75) is 6.42 Å². The quantitative estimate of drug-likeness (QED) is 0.754. The Labute approximate surface area is 126 Å². The first-order chi connectivity index (χ1) is 10.2. The number of nitrogens with zero attached hydrogens (tertiary/aromatic N) is 1. The number of carboxylic acid groups (broad SMARTS) is 1. The summed E-state index contributed by atoms with van der Waals surface area (Å²) in [6.07, 6.45) is 0.771. The molecule has 21 heavy (non-hydrogen) atoms. The predicted octanol–water partition coefficient (Wildman–Crippen LogP) is 3.65. The lowest BCUT2D eigenvalue weighted by Gasteiger charge is -2.05. The fourth-order valence-electron chi connectivity index (χ4n) is 2.20. The Balaban J connectivity index is 1.66. The molecule has 0 spiro atoms. The van der Waals surface area contributed by atoms with Gasteiger partial charge in [-0.25, -0.2) is 4.79 Å². The molecule has 5 heteroatoms. The largest absolute Gasteiger partial charge is 0.478 e. The summed E-state index contributed by atoms with van der Waals surface area (Å²) in [5, 5.41) is 14.5. The third-order valence-electron chi connectivity index (χ3n) is 3.26. The monoisotopic (exact) mass is 298 g/mol. The van der Waals surface area contributed by atoms with Crippen LogP contribution in [0.3, 0.4) is 0 Å². The van der Waals surface area contributed by atoms with Crippen molar-refractivity contribution in [3.05, 3.63) is 59.7 Å². The minimum Gasteiger partial charge on any atom is -0.478 e. The molecule has 0 amide bonds. The lowest BCUT2D eigenvalue weighted by atomic mass is 10.1. The predicted molar refractivity (Wildman–Crippen MR) is 85.2 cm³/mol. The molecule has 1 heterocycles. The zero-order valence-electron chi connectivity index (χ0n) is 11.2. The number of carboxylic acids is 1. The standard InChI is InChI=1S/C16H14N2O2S/c19-16(20)12-5-3-4-11(10-12)8-9-17-15-13-6-1-2-7-14(13)18-21-15/h1-7,10,17H,8-9H2,(H,19,20). The molecule has 0 saturated heterocycles. The number of hydrogen-bond acceptors (Lipinski definition) is 4. The van der Waals surface area contributed by atoms with Gasteiger partial charge in [-0.1, -0.05) is 24.3 Å². The summed E-state index contributed by atoms with van der Waals surface area (Å²) in [4.78, 5) is 10.9. The minimum atomic E-state index is -0.890. The molecule has 0 aliphatic heterocycles. The van der Waals surface area contributed by atoms with Crippen LogP contribution in [-0.4, -0.2) is 22.0 Å². The van der Waals surface area contributed by atoms with E-state index in [1.807, 2.05) is 30.3 Å². The van der Waals surface area contributed by atoms with Crippen molar-refractivity contribution in [2.24, 2.45) is 0 Å². The SMILES string of the molecule is O=C(O)c1cccc(CCNc2snc3ccccc23)c1. The van der Waals surface area contributed by atoms with Crippen LogP contribution in [0.4, 0.5) is 5.00 Å². The van der Waals surface area contributed by atoms with E-state index in [2.05, 4.69) is 9.69 Å². The molecule has 0 unspecified atom stereocenters. The van der Waals surface area contributed by atoms with E-state index in [1.54, 1.807) is 18.2 Å². The molecule has 3 rings (SSSR count). The number of hydrogen-bond donors (Lipinski definition) is 2. The van der Waals surface area contributed by atoms with Crippen molar-refractivity contribution >= 4 is 33.4 Å². The first-order valence-electron chi connectivity index (χ1n) is 6.64. The van der Waals surface area contributed by atoms with Gasteiger partial charge >= 0.3 is 5.97 Å². The molecule has 2 aromatic carbocycles. The molecule has 0 atom stereocenters. The zero-order valence-corrected chi connectivity index (χ0v) is 12.1. The summed E-state index contributed by atoms with van der Waals surface area (Å²) in [5.74, 6) is -0.890. The first-order valence-corrected chi connectivity index (χ1v) is 7.42. The van der Waals surface area contributed by atoms with Crippen LogP contribution in [0.25, 0.3) is 10.9 Å². The topological polar surface area (TPSA) is 62.2 Å². The van der Waals surface area contributed by atoms with Crippen molar-refractivity contribution in [2.75, 3.05) is 11.9 Å². The highest BCUT2D eigenvalue weighted by Gasteiger charge is 2.05. The maximum Gasteiger partial charge on any atom is 0.335 e. The van der Waals surface area contributed by atoms with Crippen LogP contribution in [-0.2, 0) is 6.42 Å². The molecule has 0 bridgehead atoms. The minimum absolute atomic E-state index is 0.329. The van der Waals surface area contributed by atoms with Gasteiger partial charge in [-0.2, -0.15) is 4.37 Å². The zero-order chi connectivity index (χ0) is 14.7. The summed E-state index contributed by atoms with van der Waals surface area (Å²) < 4.78 is 4.38. The Kier molecular flexibility index (Phi) is 3.83. The second-order valence-corrected chi connectivity index (χ2v) is 5.48. The van der Waals surface area contributed by atoms with Gasteiger partial charge in [0.05, 0.1) is 11.1 Å². The average Bonchev–Trinajstić information content (AvgIpc) is 2.91. The number of carbonyl (C=O) groups is 1. The summed E-state index contributed by atoms with van der Waals surface area (Å²) in [6, 6.07) is 15.1. The number of aromatic nitrogens is 1. The van der Waals surface area contributed by atoms with Crippen LogP contribution in [0.15, 0.2) is 48.5 Å². The number of nitrogens with one attached hydrogen (secondary N) is 1. The Morgan fingerprint density at radius 1 is 1.19 bits per heavy atom. The second-order valence-electron chi connectivity index (χ2n) is 4.71.